The number of hydrogen-bond donors (Lipinski definition) is 1. The van der Waals surface area contributed by atoms with Crippen LogP contribution in [0.15, 0.2) is 34.1 Å². The molecule has 0 radical (unpaired) electrons. The monoisotopic (exact) mass is 343 g/mol. The van der Waals surface area contributed by atoms with E-state index in [0.717, 1.165) is 16.0 Å². The van der Waals surface area contributed by atoms with Crippen molar-refractivity contribution in [2.45, 2.75) is 19.9 Å². The minimum atomic E-state index is 0.150. The second kappa shape index (κ2) is 6.20. The summed E-state index contributed by atoms with van der Waals surface area (Å²) in [6.07, 6.45) is 0. The lowest BCUT2D eigenvalue weighted by atomic mass is 10.0. The van der Waals surface area contributed by atoms with Crippen molar-refractivity contribution in [2.75, 3.05) is 6.54 Å². The second-order valence-corrected chi connectivity index (χ2v) is 6.25. The first-order chi connectivity index (χ1) is 8.65. The molecule has 1 unspecified atom stereocenters. The molecule has 1 heterocycles. The zero-order valence-corrected chi connectivity index (χ0v) is 13.5. The molecule has 0 amide bonds. The van der Waals surface area contributed by atoms with Gasteiger partial charge in [0.15, 0.2) is 0 Å². The van der Waals surface area contributed by atoms with Crippen molar-refractivity contribution in [1.29, 1.82) is 0 Å². The van der Waals surface area contributed by atoms with Gasteiger partial charge in [0.05, 0.1) is 11.1 Å². The molecule has 0 fully saturated rings. The highest BCUT2D eigenvalue weighted by Crippen LogP contribution is 2.36. The van der Waals surface area contributed by atoms with Crippen LogP contribution in [-0.4, -0.2) is 6.54 Å². The van der Waals surface area contributed by atoms with Crippen molar-refractivity contribution in [3.63, 3.8) is 0 Å². The summed E-state index contributed by atoms with van der Waals surface area (Å²) < 4.78 is 1.15. The number of aryl methyl sites for hydroxylation is 1. The minimum Gasteiger partial charge on any atom is -0.306 e. The van der Waals surface area contributed by atoms with Crippen LogP contribution in [0.5, 0.6) is 0 Å². The molecule has 1 aromatic heterocycles. The normalized spacial score (nSPS) is 12.7. The van der Waals surface area contributed by atoms with Gasteiger partial charge in [0.25, 0.3) is 0 Å². The van der Waals surface area contributed by atoms with E-state index in [2.05, 4.69) is 53.3 Å². The lowest BCUT2D eigenvalue weighted by molar-refractivity contribution is 0.637. The highest BCUT2D eigenvalue weighted by molar-refractivity contribution is 9.10. The van der Waals surface area contributed by atoms with Crippen LogP contribution in [0.3, 0.4) is 0 Å². The Labute approximate surface area is 125 Å². The molecule has 0 aliphatic rings. The molecule has 0 saturated heterocycles. The number of hydrogen-bond acceptors (Lipinski definition) is 2. The van der Waals surface area contributed by atoms with E-state index in [4.69, 9.17) is 11.6 Å². The molecule has 0 saturated carbocycles. The molecule has 4 heteroatoms. The van der Waals surface area contributed by atoms with Gasteiger partial charge in [0, 0.05) is 9.35 Å². The number of rotatable bonds is 4. The first kappa shape index (κ1) is 14.1. The fraction of sp³-hybridized carbons (Fsp3) is 0.286. The molecule has 1 nitrogen and oxygen atoms in total. The Hall–Kier alpha value is -0.350. The van der Waals surface area contributed by atoms with Crippen molar-refractivity contribution >= 4 is 38.9 Å². The molecule has 1 atom stereocenters. The molecular weight excluding hydrogens is 330 g/mol. The summed E-state index contributed by atoms with van der Waals surface area (Å²) in [5.74, 6) is 0. The number of nitrogens with one attached hydrogen (secondary N) is 1. The standard InChI is InChI=1S/C14H15BrClNS/c1-3-17-13(14-11(16)7-8-18-14)10-6-4-5-9(2)12(10)15/h4-8,13,17H,3H2,1-2H3. The van der Waals surface area contributed by atoms with Gasteiger partial charge in [0.2, 0.25) is 0 Å². The smallest absolute Gasteiger partial charge is 0.0697 e. The summed E-state index contributed by atoms with van der Waals surface area (Å²) in [6, 6.07) is 8.43. The summed E-state index contributed by atoms with van der Waals surface area (Å²) in [5.41, 5.74) is 2.48. The molecule has 0 bridgehead atoms. The summed E-state index contributed by atoms with van der Waals surface area (Å²) in [5, 5.41) is 6.37. The Morgan fingerprint density at radius 2 is 2.17 bits per heavy atom. The Bertz CT molecular complexity index is 538. The highest BCUT2D eigenvalue weighted by atomic mass is 79.9. The van der Waals surface area contributed by atoms with Crippen LogP contribution in [-0.2, 0) is 0 Å². The Kier molecular flexibility index (Phi) is 4.84. The van der Waals surface area contributed by atoms with Gasteiger partial charge in [-0.1, -0.05) is 52.7 Å². The quantitative estimate of drug-likeness (QED) is 0.806. The third-order valence-corrected chi connectivity index (χ3v) is 5.35. The van der Waals surface area contributed by atoms with Crippen molar-refractivity contribution in [3.05, 3.63) is 55.1 Å². The van der Waals surface area contributed by atoms with E-state index in [1.807, 2.05) is 11.4 Å². The second-order valence-electron chi connectivity index (χ2n) is 4.10. The zero-order valence-electron chi connectivity index (χ0n) is 10.3. The predicted octanol–water partition coefficient (Wildman–Crippen LogP) is 5.17. The summed E-state index contributed by atoms with van der Waals surface area (Å²) in [7, 11) is 0. The summed E-state index contributed by atoms with van der Waals surface area (Å²) in [6.45, 7) is 5.12. The van der Waals surface area contributed by atoms with E-state index < -0.39 is 0 Å². The molecule has 0 aliphatic carbocycles. The third kappa shape index (κ3) is 2.80. The van der Waals surface area contributed by atoms with Gasteiger partial charge in [-0.15, -0.1) is 11.3 Å². The topological polar surface area (TPSA) is 12.0 Å². The van der Waals surface area contributed by atoms with Crippen LogP contribution in [0.2, 0.25) is 5.02 Å². The molecule has 0 aliphatic heterocycles. The first-order valence-corrected chi connectivity index (χ1v) is 7.91. The molecule has 0 spiro atoms. The summed E-state index contributed by atoms with van der Waals surface area (Å²) in [4.78, 5) is 1.17. The largest absolute Gasteiger partial charge is 0.306 e. The average Bonchev–Trinajstić information content (AvgIpc) is 2.76. The molecule has 1 N–H and O–H groups in total. The maximum atomic E-state index is 6.27. The Morgan fingerprint density at radius 3 is 2.78 bits per heavy atom. The molecule has 2 rings (SSSR count). The zero-order chi connectivity index (χ0) is 13.1. The first-order valence-electron chi connectivity index (χ1n) is 5.86. The van der Waals surface area contributed by atoms with Crippen LogP contribution in [0.25, 0.3) is 0 Å². The van der Waals surface area contributed by atoms with Gasteiger partial charge in [-0.05, 0) is 36.0 Å². The number of thiophene rings is 1. The average molecular weight is 345 g/mol. The van der Waals surface area contributed by atoms with Crippen molar-refractivity contribution in [2.24, 2.45) is 0 Å². The molecule has 1 aromatic carbocycles. The van der Waals surface area contributed by atoms with Crippen LogP contribution >= 0.6 is 38.9 Å². The van der Waals surface area contributed by atoms with Gasteiger partial charge in [-0.3, -0.25) is 0 Å². The van der Waals surface area contributed by atoms with Gasteiger partial charge in [-0.2, -0.15) is 0 Å². The molecule has 2 aromatic rings. The third-order valence-electron chi connectivity index (χ3n) is 2.85. The van der Waals surface area contributed by atoms with Crippen molar-refractivity contribution in [3.8, 4) is 0 Å². The molecule has 18 heavy (non-hydrogen) atoms. The Morgan fingerprint density at radius 1 is 1.39 bits per heavy atom. The van der Waals surface area contributed by atoms with E-state index >= 15 is 0 Å². The molecular formula is C14H15BrClNS. The minimum absolute atomic E-state index is 0.150. The van der Waals surface area contributed by atoms with E-state index in [-0.39, 0.29) is 6.04 Å². The lowest BCUT2D eigenvalue weighted by Crippen LogP contribution is -2.21. The van der Waals surface area contributed by atoms with Crippen LogP contribution < -0.4 is 5.32 Å². The fourth-order valence-electron chi connectivity index (χ4n) is 1.95. The van der Waals surface area contributed by atoms with Crippen molar-refractivity contribution < 1.29 is 0 Å². The highest BCUT2D eigenvalue weighted by Gasteiger charge is 2.20. The number of benzene rings is 1. The summed E-state index contributed by atoms with van der Waals surface area (Å²) >= 11 is 11.6. The van der Waals surface area contributed by atoms with E-state index in [1.165, 1.54) is 16.0 Å². The van der Waals surface area contributed by atoms with E-state index in [9.17, 15) is 0 Å². The van der Waals surface area contributed by atoms with E-state index in [0.29, 0.717) is 0 Å². The molecule has 96 valence electrons. The van der Waals surface area contributed by atoms with Crippen LogP contribution in [0.1, 0.15) is 29.0 Å². The van der Waals surface area contributed by atoms with Crippen LogP contribution in [0.4, 0.5) is 0 Å². The Balaban J connectivity index is 2.48. The lowest BCUT2D eigenvalue weighted by Gasteiger charge is -2.20. The maximum Gasteiger partial charge on any atom is 0.0697 e. The van der Waals surface area contributed by atoms with Gasteiger partial charge in [-0.25, -0.2) is 0 Å². The van der Waals surface area contributed by atoms with E-state index in [1.54, 1.807) is 11.3 Å². The van der Waals surface area contributed by atoms with Crippen LogP contribution in [0, 0.1) is 6.92 Å². The SMILES string of the molecule is CCNC(c1cccc(C)c1Br)c1sccc1Cl. The van der Waals surface area contributed by atoms with Gasteiger partial charge in [0.1, 0.15) is 0 Å². The van der Waals surface area contributed by atoms with Crippen molar-refractivity contribution in [1.82, 2.24) is 5.32 Å². The van der Waals surface area contributed by atoms with Gasteiger partial charge >= 0.3 is 0 Å². The predicted molar refractivity (Wildman–Crippen MR) is 83.7 cm³/mol. The number of halogens is 2. The van der Waals surface area contributed by atoms with Gasteiger partial charge < -0.3 is 5.32 Å². The maximum absolute atomic E-state index is 6.27. The fourth-order valence-corrected chi connectivity index (χ4v) is 3.70.